The Morgan fingerprint density at radius 2 is 1.75 bits per heavy atom. The monoisotopic (exact) mass is 258 g/mol. The summed E-state index contributed by atoms with van der Waals surface area (Å²) >= 11 is 3.03. The van der Waals surface area contributed by atoms with E-state index in [1.165, 1.54) is 28.1 Å². The molecule has 1 unspecified atom stereocenters. The smallest absolute Gasteiger partial charge is 0.311 e. The van der Waals surface area contributed by atoms with Gasteiger partial charge in [0.15, 0.2) is 9.85 Å². The minimum absolute atomic E-state index is 0.297. The summed E-state index contributed by atoms with van der Waals surface area (Å²) in [6.45, 7) is 2.78. The molecule has 0 fully saturated rings. The molecule has 12 heavy (non-hydrogen) atoms. The van der Waals surface area contributed by atoms with Crippen LogP contribution >= 0.6 is 23.5 Å². The number of rotatable bonds is 4. The van der Waals surface area contributed by atoms with Crippen molar-refractivity contribution < 1.29 is 18.4 Å². The molecule has 0 N–H and O–H groups in total. The number of halogens is 1. The van der Waals surface area contributed by atoms with Gasteiger partial charge in [-0.05, 0) is 13.8 Å². The van der Waals surface area contributed by atoms with E-state index in [0.29, 0.717) is 0 Å². The second kappa shape index (κ2) is 4.01. The first-order valence-electron chi connectivity index (χ1n) is 3.23. The Morgan fingerprint density at radius 1 is 1.42 bits per heavy atom. The van der Waals surface area contributed by atoms with Gasteiger partial charge in [0.25, 0.3) is 0 Å². The van der Waals surface area contributed by atoms with Crippen LogP contribution in [0.4, 0.5) is 0 Å². The van der Waals surface area contributed by atoms with E-state index in [4.69, 9.17) is 0 Å². The zero-order valence-corrected chi connectivity index (χ0v) is 9.94. The Labute approximate surface area is 80.3 Å². The summed E-state index contributed by atoms with van der Waals surface area (Å²) in [5.74, 6) is -0.297. The van der Waals surface area contributed by atoms with Crippen molar-refractivity contribution in [1.29, 1.82) is 0 Å². The molecule has 0 aliphatic heterocycles. The maximum Gasteiger partial charge on any atom is 0.353 e. The topological polar surface area (TPSA) is 52.6 Å². The van der Waals surface area contributed by atoms with Gasteiger partial charge in [-0.2, -0.15) is 0 Å². The molecular formula is C6H12BrO4P. The first-order valence-corrected chi connectivity index (χ1v) is 5.57. The van der Waals surface area contributed by atoms with E-state index in [9.17, 15) is 9.36 Å². The van der Waals surface area contributed by atoms with Crippen LogP contribution in [0.25, 0.3) is 0 Å². The van der Waals surface area contributed by atoms with Gasteiger partial charge in [-0.3, -0.25) is 9.36 Å². The van der Waals surface area contributed by atoms with Crippen molar-refractivity contribution >= 4 is 29.3 Å². The van der Waals surface area contributed by atoms with Crippen molar-refractivity contribution in [3.8, 4) is 0 Å². The van der Waals surface area contributed by atoms with Crippen molar-refractivity contribution in [2.45, 2.75) is 17.9 Å². The standard InChI is InChI=1S/C6H12BrO4P/c1-5(8)6(2,7)12(9,10-3)11-4/h1-4H3. The molecule has 6 heteroatoms. The Bertz CT molecular complexity index is 218. The fourth-order valence-corrected chi connectivity index (χ4v) is 2.70. The number of ketones is 1. The highest BCUT2D eigenvalue weighted by Gasteiger charge is 2.48. The first kappa shape index (κ1) is 12.3. The summed E-state index contributed by atoms with van der Waals surface area (Å²) in [6, 6.07) is 0. The molecule has 0 aromatic heterocycles. The van der Waals surface area contributed by atoms with Crippen molar-refractivity contribution in [3.63, 3.8) is 0 Å². The molecule has 0 amide bonds. The van der Waals surface area contributed by atoms with Gasteiger partial charge < -0.3 is 9.05 Å². The molecule has 0 saturated heterocycles. The molecule has 4 nitrogen and oxygen atoms in total. The molecule has 1 atom stereocenters. The molecule has 0 saturated carbocycles. The fraction of sp³-hybridized carbons (Fsp3) is 0.833. The maximum absolute atomic E-state index is 11.7. The molecule has 72 valence electrons. The van der Waals surface area contributed by atoms with Gasteiger partial charge >= 0.3 is 7.60 Å². The van der Waals surface area contributed by atoms with Gasteiger partial charge in [0.1, 0.15) is 0 Å². The van der Waals surface area contributed by atoms with Crippen LogP contribution < -0.4 is 0 Å². The molecule has 0 bridgehead atoms. The summed E-state index contributed by atoms with van der Waals surface area (Å²) in [7, 11) is -0.888. The Kier molecular flexibility index (Phi) is 4.11. The third-order valence-electron chi connectivity index (χ3n) is 1.64. The van der Waals surface area contributed by atoms with Crippen molar-refractivity contribution in [2.75, 3.05) is 14.2 Å². The number of carbonyl (C=O) groups excluding carboxylic acids is 1. The van der Waals surface area contributed by atoms with E-state index < -0.39 is 11.7 Å². The lowest BCUT2D eigenvalue weighted by Gasteiger charge is -2.26. The van der Waals surface area contributed by atoms with E-state index in [-0.39, 0.29) is 5.78 Å². The number of Topliss-reactive ketones (excluding diaryl/α,β-unsaturated/α-hetero) is 1. The molecular weight excluding hydrogens is 247 g/mol. The van der Waals surface area contributed by atoms with Crippen molar-refractivity contribution in [3.05, 3.63) is 0 Å². The predicted octanol–water partition coefficient (Wildman–Crippen LogP) is 2.17. The SMILES string of the molecule is COP(=O)(OC)C(C)(Br)C(C)=O. The number of hydrogen-bond donors (Lipinski definition) is 0. The molecule has 0 spiro atoms. The Morgan fingerprint density at radius 3 is 1.83 bits per heavy atom. The van der Waals surface area contributed by atoms with Gasteiger partial charge in [0.2, 0.25) is 0 Å². The first-order chi connectivity index (χ1) is 5.31. The quantitative estimate of drug-likeness (QED) is 0.573. The highest BCUT2D eigenvalue weighted by Crippen LogP contribution is 2.62. The van der Waals surface area contributed by atoms with E-state index in [1.807, 2.05) is 0 Å². The number of carbonyl (C=O) groups is 1. The van der Waals surface area contributed by atoms with Gasteiger partial charge in [-0.1, -0.05) is 15.9 Å². The summed E-state index contributed by atoms with van der Waals surface area (Å²) in [5, 5.41) is 0. The summed E-state index contributed by atoms with van der Waals surface area (Å²) in [6.07, 6.45) is 0. The molecule has 0 heterocycles. The minimum atomic E-state index is -3.37. The fourth-order valence-electron chi connectivity index (χ4n) is 0.610. The zero-order chi connectivity index (χ0) is 9.99. The average Bonchev–Trinajstić information content (AvgIpc) is 2.02. The van der Waals surface area contributed by atoms with E-state index in [1.54, 1.807) is 0 Å². The molecule has 0 rings (SSSR count). The second-order valence-corrected chi connectivity index (χ2v) is 7.19. The van der Waals surface area contributed by atoms with Crippen LogP contribution in [-0.2, 0) is 18.4 Å². The van der Waals surface area contributed by atoms with Gasteiger partial charge in [0.05, 0.1) is 0 Å². The normalized spacial score (nSPS) is 17.1. The molecule has 0 aliphatic carbocycles. The van der Waals surface area contributed by atoms with Crippen LogP contribution in [0.5, 0.6) is 0 Å². The van der Waals surface area contributed by atoms with Crippen LogP contribution in [0, 0.1) is 0 Å². The lowest BCUT2D eigenvalue weighted by Crippen LogP contribution is -2.27. The highest BCUT2D eigenvalue weighted by molar-refractivity contribution is 9.11. The van der Waals surface area contributed by atoms with Crippen LogP contribution in [0.3, 0.4) is 0 Å². The van der Waals surface area contributed by atoms with E-state index in [2.05, 4.69) is 25.0 Å². The maximum atomic E-state index is 11.7. The van der Waals surface area contributed by atoms with Crippen LogP contribution in [0.15, 0.2) is 0 Å². The van der Waals surface area contributed by atoms with Crippen LogP contribution in [-0.4, -0.2) is 24.1 Å². The van der Waals surface area contributed by atoms with Crippen molar-refractivity contribution in [2.24, 2.45) is 0 Å². The molecule has 0 radical (unpaired) electrons. The average molecular weight is 259 g/mol. The zero-order valence-electron chi connectivity index (χ0n) is 7.46. The Hall–Kier alpha value is 0.300. The van der Waals surface area contributed by atoms with E-state index in [0.717, 1.165) is 0 Å². The van der Waals surface area contributed by atoms with Crippen LogP contribution in [0.2, 0.25) is 0 Å². The number of hydrogen-bond acceptors (Lipinski definition) is 4. The third-order valence-corrected chi connectivity index (χ3v) is 5.80. The molecule has 0 aliphatic rings. The van der Waals surface area contributed by atoms with Crippen molar-refractivity contribution in [1.82, 2.24) is 0 Å². The summed E-state index contributed by atoms with van der Waals surface area (Å²) < 4.78 is 19.8. The van der Waals surface area contributed by atoms with Gasteiger partial charge in [0, 0.05) is 14.2 Å². The molecule has 0 aromatic carbocycles. The lowest BCUT2D eigenvalue weighted by atomic mass is 10.3. The third kappa shape index (κ3) is 1.96. The summed E-state index contributed by atoms with van der Waals surface area (Å²) in [4.78, 5) is 11.1. The largest absolute Gasteiger partial charge is 0.353 e. The summed E-state index contributed by atoms with van der Waals surface area (Å²) in [5.41, 5.74) is 0. The molecule has 0 aromatic rings. The highest BCUT2D eigenvalue weighted by atomic mass is 79.9. The minimum Gasteiger partial charge on any atom is -0.311 e. The van der Waals surface area contributed by atoms with Crippen LogP contribution in [0.1, 0.15) is 13.8 Å². The number of alkyl halides is 1. The second-order valence-electron chi connectivity index (χ2n) is 2.37. The predicted molar refractivity (Wildman–Crippen MR) is 49.6 cm³/mol. The van der Waals surface area contributed by atoms with Gasteiger partial charge in [-0.15, -0.1) is 0 Å². The Balaban J connectivity index is 4.98. The van der Waals surface area contributed by atoms with Gasteiger partial charge in [-0.25, -0.2) is 0 Å². The lowest BCUT2D eigenvalue weighted by molar-refractivity contribution is -0.117. The van der Waals surface area contributed by atoms with E-state index >= 15 is 0 Å².